The van der Waals surface area contributed by atoms with Crippen LogP contribution in [0.4, 0.5) is 5.69 Å². The molecular formula is C26H35N2O2+. The van der Waals surface area contributed by atoms with Gasteiger partial charge in [-0.1, -0.05) is 33.8 Å². The van der Waals surface area contributed by atoms with Gasteiger partial charge in [0.15, 0.2) is 5.71 Å². The zero-order valence-electron chi connectivity index (χ0n) is 19.4. The van der Waals surface area contributed by atoms with Crippen LogP contribution in [0.15, 0.2) is 47.6 Å². The normalized spacial score (nSPS) is 16.9. The first kappa shape index (κ1) is 22.1. The highest BCUT2D eigenvalue weighted by atomic mass is 16.4. The molecule has 0 aliphatic heterocycles. The molecule has 2 aliphatic carbocycles. The number of carbonyl (C=O) groups is 1. The number of anilines is 1. The quantitative estimate of drug-likeness (QED) is 0.682. The molecule has 0 heterocycles. The van der Waals surface area contributed by atoms with Gasteiger partial charge in [0, 0.05) is 43.3 Å². The van der Waals surface area contributed by atoms with Crippen LogP contribution in [0.25, 0.3) is 5.57 Å². The third kappa shape index (κ3) is 4.00. The highest BCUT2D eigenvalue weighted by Gasteiger charge is 2.38. The number of nitrogens with zero attached hydrogens (tertiary/aromatic N) is 2. The molecule has 1 aromatic carbocycles. The van der Waals surface area contributed by atoms with Gasteiger partial charge in [-0.05, 0) is 58.4 Å². The zero-order chi connectivity index (χ0) is 22.2. The second-order valence-corrected chi connectivity index (χ2v) is 9.47. The minimum Gasteiger partial charge on any atom is -0.481 e. The van der Waals surface area contributed by atoms with Gasteiger partial charge in [0.05, 0.1) is 0 Å². The minimum atomic E-state index is -0.737. The number of benzene rings is 1. The van der Waals surface area contributed by atoms with Crippen LogP contribution in [0, 0.1) is 5.92 Å². The third-order valence-electron chi connectivity index (χ3n) is 6.35. The summed E-state index contributed by atoms with van der Waals surface area (Å²) in [4.78, 5) is 13.0. The van der Waals surface area contributed by atoms with Crippen molar-refractivity contribution in [2.24, 2.45) is 5.92 Å². The van der Waals surface area contributed by atoms with E-state index in [4.69, 9.17) is 5.11 Å². The first-order valence-electron chi connectivity index (χ1n) is 10.8. The molecule has 0 radical (unpaired) electrons. The Bertz CT molecular complexity index is 986. The summed E-state index contributed by atoms with van der Waals surface area (Å²) < 4.78 is 2.16. The Balaban J connectivity index is 2.11. The van der Waals surface area contributed by atoms with Crippen molar-refractivity contribution in [1.29, 1.82) is 0 Å². The molecule has 0 aromatic heterocycles. The van der Waals surface area contributed by atoms with Crippen LogP contribution in [-0.4, -0.2) is 49.1 Å². The fraction of sp³-hybridized carbons (Fsp3) is 0.462. The molecule has 0 unspecified atom stereocenters. The van der Waals surface area contributed by atoms with Crippen LogP contribution in [0.2, 0.25) is 0 Å². The maximum atomic E-state index is 10.9. The molecule has 160 valence electrons. The largest absolute Gasteiger partial charge is 0.481 e. The summed E-state index contributed by atoms with van der Waals surface area (Å²) in [7, 11) is 6.22. The Morgan fingerprint density at radius 3 is 2.50 bits per heavy atom. The van der Waals surface area contributed by atoms with Gasteiger partial charge >= 0.3 is 5.97 Å². The summed E-state index contributed by atoms with van der Waals surface area (Å²) in [5.41, 5.74) is 9.06. The number of allylic oxidation sites excluding steroid dienone is 6. The van der Waals surface area contributed by atoms with Gasteiger partial charge in [0.1, 0.15) is 14.1 Å². The molecule has 1 aromatic rings. The van der Waals surface area contributed by atoms with Gasteiger partial charge in [-0.25, -0.2) is 4.58 Å². The molecule has 0 saturated heterocycles. The van der Waals surface area contributed by atoms with E-state index in [1.807, 2.05) is 7.05 Å². The first-order chi connectivity index (χ1) is 14.0. The van der Waals surface area contributed by atoms with Crippen molar-refractivity contribution in [3.05, 3.63) is 58.7 Å². The summed E-state index contributed by atoms with van der Waals surface area (Å²) >= 11 is 0. The highest BCUT2D eigenvalue weighted by molar-refractivity contribution is 6.05. The molecular weight excluding hydrogens is 372 g/mol. The van der Waals surface area contributed by atoms with E-state index in [0.717, 1.165) is 12.2 Å². The smallest absolute Gasteiger partial charge is 0.303 e. The van der Waals surface area contributed by atoms with E-state index in [0.29, 0.717) is 12.3 Å². The molecule has 0 fully saturated rings. The number of aliphatic carboxylic acids is 1. The van der Waals surface area contributed by atoms with E-state index in [1.165, 1.54) is 33.6 Å². The summed E-state index contributed by atoms with van der Waals surface area (Å²) in [6, 6.07) is 6.75. The number of hydrogen-bond donors (Lipinski definition) is 1. The highest BCUT2D eigenvalue weighted by Crippen LogP contribution is 2.50. The molecule has 0 amide bonds. The van der Waals surface area contributed by atoms with Crippen molar-refractivity contribution < 1.29 is 14.5 Å². The lowest BCUT2D eigenvalue weighted by Crippen LogP contribution is -2.31. The number of fused-ring (bicyclic) bond motifs is 2. The topological polar surface area (TPSA) is 43.5 Å². The number of carboxylic acids is 1. The third-order valence-corrected chi connectivity index (χ3v) is 6.35. The molecule has 4 heteroatoms. The Labute approximate surface area is 180 Å². The van der Waals surface area contributed by atoms with Crippen LogP contribution < -0.4 is 4.90 Å². The monoisotopic (exact) mass is 407 g/mol. The van der Waals surface area contributed by atoms with Crippen molar-refractivity contribution in [3.8, 4) is 0 Å². The Hall–Kier alpha value is -2.62. The summed E-state index contributed by atoms with van der Waals surface area (Å²) in [6.45, 7) is 9.90. The molecule has 3 rings (SSSR count). The second-order valence-electron chi connectivity index (χ2n) is 9.47. The maximum absolute atomic E-state index is 10.9. The fourth-order valence-electron chi connectivity index (χ4n) is 4.59. The number of hydrogen-bond acceptors (Lipinski definition) is 2. The van der Waals surface area contributed by atoms with Crippen molar-refractivity contribution in [1.82, 2.24) is 0 Å². The van der Waals surface area contributed by atoms with E-state index in [2.05, 4.69) is 87.7 Å². The van der Waals surface area contributed by atoms with Gasteiger partial charge in [0.2, 0.25) is 0 Å². The van der Waals surface area contributed by atoms with E-state index >= 15 is 0 Å². The van der Waals surface area contributed by atoms with Crippen LogP contribution >= 0.6 is 0 Å². The molecule has 30 heavy (non-hydrogen) atoms. The van der Waals surface area contributed by atoms with Crippen LogP contribution in [-0.2, 0) is 10.2 Å². The second kappa shape index (κ2) is 8.25. The van der Waals surface area contributed by atoms with Gasteiger partial charge in [-0.3, -0.25) is 4.79 Å². The lowest BCUT2D eigenvalue weighted by atomic mass is 9.63. The Morgan fingerprint density at radius 1 is 1.20 bits per heavy atom. The number of carboxylic acid groups (broad SMARTS) is 1. The molecule has 2 aliphatic rings. The van der Waals surface area contributed by atoms with Crippen LogP contribution in [0.1, 0.15) is 51.7 Å². The summed E-state index contributed by atoms with van der Waals surface area (Å²) in [5.74, 6) is -0.317. The average molecular weight is 408 g/mol. The SMILES string of the molecule is CC(C)C1=C2C=CC(=[N+](C)C)C=C2C(C)(C)c2cc(N(C)CCCC(=O)O)ccc21. The molecule has 0 saturated carbocycles. The van der Waals surface area contributed by atoms with E-state index in [9.17, 15) is 4.79 Å². The zero-order valence-corrected chi connectivity index (χ0v) is 19.4. The fourth-order valence-corrected chi connectivity index (χ4v) is 4.59. The number of rotatable bonds is 6. The predicted molar refractivity (Wildman–Crippen MR) is 126 cm³/mol. The Morgan fingerprint density at radius 2 is 1.90 bits per heavy atom. The molecule has 1 N–H and O–H groups in total. The summed E-state index contributed by atoms with van der Waals surface area (Å²) in [5, 5.41) is 8.93. The van der Waals surface area contributed by atoms with Crippen LogP contribution in [0.5, 0.6) is 0 Å². The Kier molecular flexibility index (Phi) is 6.07. The van der Waals surface area contributed by atoms with E-state index in [-0.39, 0.29) is 11.8 Å². The molecule has 0 spiro atoms. The lowest BCUT2D eigenvalue weighted by Gasteiger charge is -2.40. The van der Waals surface area contributed by atoms with Crippen molar-refractivity contribution >= 4 is 22.9 Å². The van der Waals surface area contributed by atoms with Gasteiger partial charge in [-0.2, -0.15) is 0 Å². The van der Waals surface area contributed by atoms with E-state index < -0.39 is 5.97 Å². The lowest BCUT2D eigenvalue weighted by molar-refractivity contribution is -0.462. The van der Waals surface area contributed by atoms with E-state index in [1.54, 1.807) is 0 Å². The first-order valence-corrected chi connectivity index (χ1v) is 10.8. The standard InChI is InChI=1S/C26H34N2O2/c1-17(2)25-20-12-10-18(27(5)6)15-22(20)26(3,4)23-16-19(11-13-21(23)25)28(7)14-8-9-24(29)30/h10-13,15-17H,8-9,14H2,1-7H3/p+1. The molecule has 4 nitrogen and oxygen atoms in total. The molecule has 0 bridgehead atoms. The average Bonchev–Trinajstić information content (AvgIpc) is 2.67. The van der Waals surface area contributed by atoms with Gasteiger partial charge in [-0.15, -0.1) is 0 Å². The van der Waals surface area contributed by atoms with Gasteiger partial charge in [0.25, 0.3) is 0 Å². The van der Waals surface area contributed by atoms with Crippen molar-refractivity contribution in [2.75, 3.05) is 32.6 Å². The predicted octanol–water partition coefficient (Wildman–Crippen LogP) is 4.90. The van der Waals surface area contributed by atoms with Crippen LogP contribution in [0.3, 0.4) is 0 Å². The maximum Gasteiger partial charge on any atom is 0.303 e. The van der Waals surface area contributed by atoms with Crippen molar-refractivity contribution in [2.45, 2.75) is 46.0 Å². The van der Waals surface area contributed by atoms with Crippen molar-refractivity contribution in [3.63, 3.8) is 0 Å². The molecule has 0 atom stereocenters. The summed E-state index contributed by atoms with van der Waals surface area (Å²) in [6.07, 6.45) is 7.69. The van der Waals surface area contributed by atoms with Gasteiger partial charge < -0.3 is 10.0 Å². The minimum absolute atomic E-state index is 0.118.